The highest BCUT2D eigenvalue weighted by Gasteiger charge is 2.29. The first kappa shape index (κ1) is 22.6. The summed E-state index contributed by atoms with van der Waals surface area (Å²) in [6.45, 7) is 4.20. The maximum Gasteiger partial charge on any atom is 0.266 e. The summed E-state index contributed by atoms with van der Waals surface area (Å²) in [5, 5.41) is 4.59. The standard InChI is InChI=1S/C21H23N3O5S2/c1-3-28-18-11-10-16(14-19(18)29-4-2)23-20(25)15-24(21-22-12-13-30-21)31(26,27)17-8-6-5-7-9-17/h5-14H,3-4,15H2,1-2H3,(H,23,25). The van der Waals surface area contributed by atoms with Gasteiger partial charge in [-0.3, -0.25) is 4.79 Å². The number of hydrogen-bond donors (Lipinski definition) is 1. The summed E-state index contributed by atoms with van der Waals surface area (Å²) in [5.74, 6) is 0.551. The Kier molecular flexibility index (Phi) is 7.48. The van der Waals surface area contributed by atoms with Crippen molar-refractivity contribution < 1.29 is 22.7 Å². The van der Waals surface area contributed by atoms with E-state index in [0.29, 0.717) is 30.4 Å². The molecule has 0 bridgehead atoms. The molecule has 31 heavy (non-hydrogen) atoms. The number of amides is 1. The van der Waals surface area contributed by atoms with Crippen molar-refractivity contribution in [3.8, 4) is 11.5 Å². The summed E-state index contributed by atoms with van der Waals surface area (Å²) in [6, 6.07) is 13.0. The quantitative estimate of drug-likeness (QED) is 0.494. The molecule has 164 valence electrons. The van der Waals surface area contributed by atoms with Gasteiger partial charge in [0.1, 0.15) is 6.54 Å². The minimum absolute atomic E-state index is 0.0812. The molecule has 0 aliphatic rings. The van der Waals surface area contributed by atoms with Gasteiger partial charge in [0.2, 0.25) is 5.91 Å². The van der Waals surface area contributed by atoms with Gasteiger partial charge in [-0.1, -0.05) is 18.2 Å². The fourth-order valence-corrected chi connectivity index (χ4v) is 5.04. The van der Waals surface area contributed by atoms with Crippen LogP contribution in [0.2, 0.25) is 0 Å². The van der Waals surface area contributed by atoms with Gasteiger partial charge < -0.3 is 14.8 Å². The molecule has 1 heterocycles. The maximum atomic E-state index is 13.2. The van der Waals surface area contributed by atoms with E-state index in [9.17, 15) is 13.2 Å². The summed E-state index contributed by atoms with van der Waals surface area (Å²) < 4.78 is 38.4. The van der Waals surface area contributed by atoms with Crippen LogP contribution in [0.15, 0.2) is 65.0 Å². The number of rotatable bonds is 10. The fraction of sp³-hybridized carbons (Fsp3) is 0.238. The summed E-state index contributed by atoms with van der Waals surface area (Å²) in [4.78, 5) is 16.9. The third-order valence-corrected chi connectivity index (χ3v) is 6.74. The van der Waals surface area contributed by atoms with E-state index in [-0.39, 0.29) is 10.0 Å². The van der Waals surface area contributed by atoms with Gasteiger partial charge in [0, 0.05) is 23.3 Å². The van der Waals surface area contributed by atoms with E-state index in [2.05, 4.69) is 10.3 Å². The molecule has 10 heteroatoms. The van der Waals surface area contributed by atoms with Crippen molar-refractivity contribution in [3.63, 3.8) is 0 Å². The smallest absolute Gasteiger partial charge is 0.266 e. The van der Waals surface area contributed by atoms with E-state index in [1.807, 2.05) is 13.8 Å². The summed E-state index contributed by atoms with van der Waals surface area (Å²) >= 11 is 1.14. The van der Waals surface area contributed by atoms with Crippen molar-refractivity contribution in [1.82, 2.24) is 4.98 Å². The normalized spacial score (nSPS) is 11.0. The van der Waals surface area contributed by atoms with Gasteiger partial charge in [0.15, 0.2) is 16.6 Å². The number of carbonyl (C=O) groups excluding carboxylic acids is 1. The van der Waals surface area contributed by atoms with Gasteiger partial charge in [0.25, 0.3) is 10.0 Å². The van der Waals surface area contributed by atoms with Crippen LogP contribution < -0.4 is 19.1 Å². The average Bonchev–Trinajstić information content (AvgIpc) is 3.29. The first-order valence-corrected chi connectivity index (χ1v) is 11.9. The molecular weight excluding hydrogens is 438 g/mol. The van der Waals surface area contributed by atoms with Gasteiger partial charge in [-0.25, -0.2) is 17.7 Å². The second-order valence-corrected chi connectivity index (χ2v) is 8.95. The lowest BCUT2D eigenvalue weighted by Gasteiger charge is -2.21. The molecule has 0 aliphatic carbocycles. The van der Waals surface area contributed by atoms with E-state index in [4.69, 9.17) is 9.47 Å². The molecule has 0 aliphatic heterocycles. The predicted molar refractivity (Wildman–Crippen MR) is 120 cm³/mol. The fourth-order valence-electron chi connectivity index (χ4n) is 2.77. The molecule has 0 spiro atoms. The Morgan fingerprint density at radius 3 is 2.42 bits per heavy atom. The summed E-state index contributed by atoms with van der Waals surface area (Å²) in [7, 11) is -3.97. The lowest BCUT2D eigenvalue weighted by molar-refractivity contribution is -0.114. The Balaban J connectivity index is 1.83. The molecule has 1 amide bonds. The highest BCUT2D eigenvalue weighted by atomic mass is 32.2. The maximum absolute atomic E-state index is 13.2. The van der Waals surface area contributed by atoms with Crippen LogP contribution in [0.25, 0.3) is 0 Å². The minimum atomic E-state index is -3.97. The van der Waals surface area contributed by atoms with Crippen molar-refractivity contribution in [2.24, 2.45) is 0 Å². The molecule has 0 radical (unpaired) electrons. The number of nitrogens with zero attached hydrogens (tertiary/aromatic N) is 2. The number of sulfonamides is 1. The zero-order chi connectivity index (χ0) is 22.3. The molecule has 0 fully saturated rings. The predicted octanol–water partition coefficient (Wildman–Crippen LogP) is 3.77. The average molecular weight is 462 g/mol. The van der Waals surface area contributed by atoms with Crippen LogP contribution in [0.5, 0.6) is 11.5 Å². The van der Waals surface area contributed by atoms with Gasteiger partial charge in [-0.15, -0.1) is 11.3 Å². The van der Waals surface area contributed by atoms with E-state index in [0.717, 1.165) is 15.6 Å². The lowest BCUT2D eigenvalue weighted by Crippen LogP contribution is -2.38. The molecule has 0 saturated heterocycles. The molecular formula is C21H23N3O5S2. The zero-order valence-electron chi connectivity index (χ0n) is 17.1. The van der Waals surface area contributed by atoms with Crippen LogP contribution in [0.1, 0.15) is 13.8 Å². The van der Waals surface area contributed by atoms with Crippen LogP contribution in [0.3, 0.4) is 0 Å². The Hall–Kier alpha value is -3.11. The SMILES string of the molecule is CCOc1ccc(NC(=O)CN(c2nccs2)S(=O)(=O)c2ccccc2)cc1OCC. The van der Waals surface area contributed by atoms with Crippen molar-refractivity contribution >= 4 is 38.1 Å². The molecule has 2 aromatic carbocycles. The first-order chi connectivity index (χ1) is 15.0. The number of anilines is 2. The third-order valence-electron chi connectivity index (χ3n) is 4.08. The van der Waals surface area contributed by atoms with Crippen LogP contribution in [0.4, 0.5) is 10.8 Å². The van der Waals surface area contributed by atoms with Crippen LogP contribution in [-0.2, 0) is 14.8 Å². The van der Waals surface area contributed by atoms with Crippen molar-refractivity contribution in [3.05, 3.63) is 60.1 Å². The monoisotopic (exact) mass is 461 g/mol. The second-order valence-electron chi connectivity index (χ2n) is 6.22. The van der Waals surface area contributed by atoms with Crippen molar-refractivity contribution in [1.29, 1.82) is 0 Å². The first-order valence-electron chi connectivity index (χ1n) is 9.62. The molecule has 8 nitrogen and oxygen atoms in total. The molecule has 3 rings (SSSR count). The van der Waals surface area contributed by atoms with Crippen molar-refractivity contribution in [2.45, 2.75) is 18.7 Å². The Bertz CT molecular complexity index is 1100. The highest BCUT2D eigenvalue weighted by molar-refractivity contribution is 7.93. The number of ether oxygens (including phenoxy) is 2. The summed E-state index contributed by atoms with van der Waals surface area (Å²) in [6.07, 6.45) is 1.49. The number of carbonyl (C=O) groups is 1. The molecule has 0 saturated carbocycles. The number of nitrogens with one attached hydrogen (secondary N) is 1. The molecule has 3 aromatic rings. The molecule has 1 N–H and O–H groups in total. The van der Waals surface area contributed by atoms with Crippen LogP contribution >= 0.6 is 11.3 Å². The zero-order valence-corrected chi connectivity index (χ0v) is 18.8. The Labute approximate surface area is 185 Å². The van der Waals surface area contributed by atoms with Crippen LogP contribution in [0, 0.1) is 0 Å². The summed E-state index contributed by atoms with van der Waals surface area (Å²) in [5.41, 5.74) is 0.466. The van der Waals surface area contributed by atoms with E-state index < -0.39 is 22.5 Å². The second kappa shape index (κ2) is 10.3. The van der Waals surface area contributed by atoms with Gasteiger partial charge in [0.05, 0.1) is 18.1 Å². The third kappa shape index (κ3) is 5.53. The number of thiazole rings is 1. The topological polar surface area (TPSA) is 97.8 Å². The molecule has 0 atom stereocenters. The number of aromatic nitrogens is 1. The minimum Gasteiger partial charge on any atom is -0.490 e. The van der Waals surface area contributed by atoms with E-state index >= 15 is 0 Å². The molecule has 1 aromatic heterocycles. The Morgan fingerprint density at radius 2 is 1.77 bits per heavy atom. The van der Waals surface area contributed by atoms with Gasteiger partial charge in [-0.05, 0) is 38.1 Å². The largest absolute Gasteiger partial charge is 0.490 e. The number of hydrogen-bond acceptors (Lipinski definition) is 7. The van der Waals surface area contributed by atoms with Gasteiger partial charge >= 0.3 is 0 Å². The van der Waals surface area contributed by atoms with E-state index in [1.54, 1.807) is 41.8 Å². The molecule has 0 unspecified atom stereocenters. The van der Waals surface area contributed by atoms with Gasteiger partial charge in [-0.2, -0.15) is 0 Å². The lowest BCUT2D eigenvalue weighted by atomic mass is 10.2. The van der Waals surface area contributed by atoms with Crippen LogP contribution in [-0.4, -0.2) is 39.1 Å². The van der Waals surface area contributed by atoms with Crippen molar-refractivity contribution in [2.75, 3.05) is 29.4 Å². The number of benzene rings is 2. The Morgan fingerprint density at radius 1 is 1.06 bits per heavy atom. The highest BCUT2D eigenvalue weighted by Crippen LogP contribution is 2.31. The van der Waals surface area contributed by atoms with E-state index in [1.165, 1.54) is 18.3 Å².